The van der Waals surface area contributed by atoms with Crippen LogP contribution in [0.4, 0.5) is 0 Å². The third kappa shape index (κ3) is 3.30. The quantitative estimate of drug-likeness (QED) is 0.652. The Morgan fingerprint density at radius 2 is 1.96 bits per heavy atom. The van der Waals surface area contributed by atoms with Crippen LogP contribution in [0.25, 0.3) is 5.69 Å². The summed E-state index contributed by atoms with van der Waals surface area (Å²) in [6.07, 6.45) is 3.88. The lowest BCUT2D eigenvalue weighted by molar-refractivity contribution is 0.220. The first-order valence-electron chi connectivity index (χ1n) is 9.44. The van der Waals surface area contributed by atoms with E-state index in [4.69, 9.17) is 12.2 Å². The molecule has 4 rings (SSSR count). The van der Waals surface area contributed by atoms with Gasteiger partial charge in [0, 0.05) is 30.3 Å². The van der Waals surface area contributed by atoms with Crippen LogP contribution in [0.2, 0.25) is 0 Å². The number of hydrogen-bond donors (Lipinski definition) is 2. The zero-order chi connectivity index (χ0) is 19.7. The topological polar surface area (TPSA) is 53.3 Å². The number of β-amino-alcohol motifs (C(OH)–C–C–N with tert-alkyl or cyclic N) is 1. The molecule has 28 heavy (non-hydrogen) atoms. The molecule has 0 saturated carbocycles. The summed E-state index contributed by atoms with van der Waals surface area (Å²) in [5.41, 5.74) is 5.69. The van der Waals surface area contributed by atoms with Crippen molar-refractivity contribution in [1.82, 2.24) is 19.8 Å². The molecule has 2 atom stereocenters. The van der Waals surface area contributed by atoms with Gasteiger partial charge in [-0.3, -0.25) is 4.98 Å². The van der Waals surface area contributed by atoms with Crippen LogP contribution in [-0.4, -0.2) is 37.8 Å². The standard InChI is InChI=1S/C22H24N4OS/c1-15-8-9-17(14-16(15)2)25-11-5-7-19(25)21-20(18-6-3-4-10-23-18)24-22(28)26(21)12-13-27/h3-11,14,20-21,27H,12-13H2,1-2H3,(H,24,28)/t20-,21+/m0/s1. The van der Waals surface area contributed by atoms with Gasteiger partial charge < -0.3 is 19.9 Å². The number of thiocarbonyl (C=S) groups is 1. The van der Waals surface area contributed by atoms with Gasteiger partial charge in [0.25, 0.3) is 0 Å². The minimum Gasteiger partial charge on any atom is -0.395 e. The Labute approximate surface area is 170 Å². The fourth-order valence-electron chi connectivity index (χ4n) is 3.82. The molecule has 0 spiro atoms. The van der Waals surface area contributed by atoms with Crippen LogP contribution in [0.15, 0.2) is 60.9 Å². The van der Waals surface area contributed by atoms with Crippen molar-refractivity contribution in [3.05, 3.63) is 83.4 Å². The highest BCUT2D eigenvalue weighted by Gasteiger charge is 2.40. The van der Waals surface area contributed by atoms with Gasteiger partial charge in [-0.2, -0.15) is 0 Å². The van der Waals surface area contributed by atoms with Gasteiger partial charge in [-0.05, 0) is 73.6 Å². The molecule has 1 aliphatic heterocycles. The van der Waals surface area contributed by atoms with Gasteiger partial charge >= 0.3 is 0 Å². The Bertz CT molecular complexity index is 985. The van der Waals surface area contributed by atoms with Crippen LogP contribution in [0.5, 0.6) is 0 Å². The smallest absolute Gasteiger partial charge is 0.170 e. The summed E-state index contributed by atoms with van der Waals surface area (Å²) in [7, 11) is 0. The lowest BCUT2D eigenvalue weighted by Crippen LogP contribution is -2.32. The lowest BCUT2D eigenvalue weighted by Gasteiger charge is -2.28. The minimum absolute atomic E-state index is 0.0393. The summed E-state index contributed by atoms with van der Waals surface area (Å²) in [5, 5.41) is 13.7. The Morgan fingerprint density at radius 3 is 2.68 bits per heavy atom. The zero-order valence-corrected chi connectivity index (χ0v) is 16.9. The molecule has 1 saturated heterocycles. The molecule has 144 valence electrons. The van der Waals surface area contributed by atoms with Gasteiger partial charge in [0.05, 0.1) is 24.4 Å². The molecule has 2 aromatic heterocycles. The van der Waals surface area contributed by atoms with Crippen molar-refractivity contribution < 1.29 is 5.11 Å². The molecule has 5 nitrogen and oxygen atoms in total. The molecule has 1 fully saturated rings. The number of pyridine rings is 1. The van der Waals surface area contributed by atoms with Gasteiger partial charge in [-0.25, -0.2) is 0 Å². The maximum absolute atomic E-state index is 9.62. The summed E-state index contributed by atoms with van der Waals surface area (Å²) in [6, 6.07) is 16.4. The monoisotopic (exact) mass is 392 g/mol. The van der Waals surface area contributed by atoms with Crippen LogP contribution in [0.1, 0.15) is 34.6 Å². The van der Waals surface area contributed by atoms with Crippen LogP contribution in [0.3, 0.4) is 0 Å². The molecular formula is C22H24N4OS. The van der Waals surface area contributed by atoms with Crippen molar-refractivity contribution >= 4 is 17.3 Å². The average Bonchev–Trinajstić information content (AvgIpc) is 3.30. The van der Waals surface area contributed by atoms with Crippen LogP contribution < -0.4 is 5.32 Å². The maximum Gasteiger partial charge on any atom is 0.170 e. The van der Waals surface area contributed by atoms with Crippen LogP contribution >= 0.6 is 12.2 Å². The van der Waals surface area contributed by atoms with Crippen LogP contribution in [0, 0.1) is 13.8 Å². The molecule has 6 heteroatoms. The van der Waals surface area contributed by atoms with E-state index >= 15 is 0 Å². The predicted octanol–water partition coefficient (Wildman–Crippen LogP) is 3.45. The van der Waals surface area contributed by atoms with E-state index in [2.05, 4.69) is 70.1 Å². The van der Waals surface area contributed by atoms with Gasteiger partial charge in [-0.1, -0.05) is 12.1 Å². The van der Waals surface area contributed by atoms with Gasteiger partial charge in [-0.15, -0.1) is 0 Å². The Balaban J connectivity index is 1.81. The van der Waals surface area contributed by atoms with Crippen molar-refractivity contribution in [2.45, 2.75) is 25.9 Å². The molecule has 2 N–H and O–H groups in total. The maximum atomic E-state index is 9.62. The van der Waals surface area contributed by atoms with E-state index in [1.54, 1.807) is 6.20 Å². The second-order valence-electron chi connectivity index (χ2n) is 7.12. The third-order valence-corrected chi connectivity index (χ3v) is 5.74. The van der Waals surface area contributed by atoms with E-state index in [-0.39, 0.29) is 18.7 Å². The van der Waals surface area contributed by atoms with E-state index in [1.807, 2.05) is 18.2 Å². The van der Waals surface area contributed by atoms with Gasteiger partial charge in [0.2, 0.25) is 0 Å². The molecule has 0 unspecified atom stereocenters. The first-order valence-corrected chi connectivity index (χ1v) is 9.85. The van der Waals surface area contributed by atoms with Crippen molar-refractivity contribution in [2.24, 2.45) is 0 Å². The largest absolute Gasteiger partial charge is 0.395 e. The number of aliphatic hydroxyl groups excluding tert-OH is 1. The fraction of sp³-hybridized carbons (Fsp3) is 0.273. The summed E-state index contributed by atoms with van der Waals surface area (Å²) in [5.74, 6) is 0. The van der Waals surface area contributed by atoms with Crippen molar-refractivity contribution in [3.63, 3.8) is 0 Å². The zero-order valence-electron chi connectivity index (χ0n) is 16.0. The molecule has 3 heterocycles. The number of benzene rings is 1. The highest BCUT2D eigenvalue weighted by Crippen LogP contribution is 2.39. The van der Waals surface area contributed by atoms with E-state index in [9.17, 15) is 5.11 Å². The van der Waals surface area contributed by atoms with Crippen LogP contribution in [-0.2, 0) is 0 Å². The minimum atomic E-state index is -0.0829. The van der Waals surface area contributed by atoms with Gasteiger partial charge in [0.15, 0.2) is 5.11 Å². The van der Waals surface area contributed by atoms with Crippen molar-refractivity contribution in [2.75, 3.05) is 13.2 Å². The molecule has 1 aromatic carbocycles. The number of aromatic nitrogens is 2. The number of rotatable bonds is 5. The molecule has 0 amide bonds. The lowest BCUT2D eigenvalue weighted by atomic mass is 10.0. The third-order valence-electron chi connectivity index (χ3n) is 5.39. The summed E-state index contributed by atoms with van der Waals surface area (Å²) in [6.45, 7) is 4.76. The molecule has 1 aliphatic rings. The Morgan fingerprint density at radius 1 is 1.11 bits per heavy atom. The molecule has 0 radical (unpaired) electrons. The number of aryl methyl sites for hydroxylation is 2. The molecular weight excluding hydrogens is 368 g/mol. The second-order valence-corrected chi connectivity index (χ2v) is 7.50. The van der Waals surface area contributed by atoms with E-state index in [0.717, 1.165) is 17.1 Å². The highest BCUT2D eigenvalue weighted by atomic mass is 32.1. The predicted molar refractivity (Wildman–Crippen MR) is 114 cm³/mol. The number of hydrogen-bond acceptors (Lipinski definition) is 3. The fourth-order valence-corrected chi connectivity index (χ4v) is 4.15. The van der Waals surface area contributed by atoms with Gasteiger partial charge in [0.1, 0.15) is 0 Å². The van der Waals surface area contributed by atoms with E-state index in [1.165, 1.54) is 11.1 Å². The molecule has 3 aromatic rings. The summed E-state index contributed by atoms with van der Waals surface area (Å²) in [4.78, 5) is 6.61. The Hall–Kier alpha value is -2.70. The number of nitrogens with zero attached hydrogens (tertiary/aromatic N) is 3. The number of aliphatic hydroxyl groups is 1. The van der Waals surface area contributed by atoms with Crippen molar-refractivity contribution in [1.29, 1.82) is 0 Å². The second kappa shape index (κ2) is 7.73. The first-order chi connectivity index (χ1) is 13.6. The average molecular weight is 393 g/mol. The molecule has 0 bridgehead atoms. The van der Waals surface area contributed by atoms with E-state index in [0.29, 0.717) is 11.7 Å². The summed E-state index contributed by atoms with van der Waals surface area (Å²) >= 11 is 5.60. The normalized spacial score (nSPS) is 19.1. The number of nitrogens with one attached hydrogen (secondary N) is 1. The highest BCUT2D eigenvalue weighted by molar-refractivity contribution is 7.80. The Kier molecular flexibility index (Phi) is 5.15. The first kappa shape index (κ1) is 18.7. The van der Waals surface area contributed by atoms with E-state index < -0.39 is 0 Å². The molecule has 0 aliphatic carbocycles. The van der Waals surface area contributed by atoms with Crippen molar-refractivity contribution in [3.8, 4) is 5.69 Å². The summed E-state index contributed by atoms with van der Waals surface area (Å²) < 4.78 is 2.20. The SMILES string of the molecule is Cc1ccc(-n2cccc2[C@@H]2[C@H](c3ccccn3)NC(=S)N2CCO)cc1C.